The van der Waals surface area contributed by atoms with Gasteiger partial charge in [0.25, 0.3) is 5.56 Å². The van der Waals surface area contributed by atoms with Crippen LogP contribution in [0.5, 0.6) is 0 Å². The first-order valence-electron chi connectivity index (χ1n) is 10.8. The van der Waals surface area contributed by atoms with Gasteiger partial charge < -0.3 is 10.7 Å². The molecule has 32 heavy (non-hydrogen) atoms. The van der Waals surface area contributed by atoms with E-state index in [0.29, 0.717) is 18.1 Å². The lowest BCUT2D eigenvalue weighted by atomic mass is 10.1. The molecule has 3 N–H and O–H groups in total. The van der Waals surface area contributed by atoms with Gasteiger partial charge in [0.2, 0.25) is 0 Å². The average molecular weight is 424 g/mol. The smallest absolute Gasteiger partial charge is 0.255 e. The largest absolute Gasteiger partial charge is 0.399 e. The Bertz CT molecular complexity index is 1290. The molecule has 0 atom stereocenters. The van der Waals surface area contributed by atoms with Gasteiger partial charge in [0, 0.05) is 49.1 Å². The molecule has 0 fully saturated rings. The molecule has 3 heterocycles. The van der Waals surface area contributed by atoms with Gasteiger partial charge >= 0.3 is 0 Å². The summed E-state index contributed by atoms with van der Waals surface area (Å²) in [5.41, 5.74) is 13.3. The first-order valence-corrected chi connectivity index (χ1v) is 10.8. The van der Waals surface area contributed by atoms with E-state index < -0.39 is 0 Å². The van der Waals surface area contributed by atoms with Crippen LogP contribution in [0.3, 0.4) is 0 Å². The second kappa shape index (κ2) is 8.40. The number of hydrogen-bond acceptors (Lipinski definition) is 5. The number of nitrogens with one attached hydrogen (secondary N) is 1. The molecular formula is C26H25N5O. The van der Waals surface area contributed by atoms with Crippen molar-refractivity contribution >= 4 is 5.69 Å². The highest BCUT2D eigenvalue weighted by atomic mass is 16.1. The summed E-state index contributed by atoms with van der Waals surface area (Å²) in [6, 6.07) is 19.9. The Morgan fingerprint density at radius 3 is 2.47 bits per heavy atom. The number of nitrogens with two attached hydrogens (primary N) is 1. The summed E-state index contributed by atoms with van der Waals surface area (Å²) >= 11 is 0. The van der Waals surface area contributed by atoms with Crippen LogP contribution in [0.15, 0.2) is 71.7 Å². The minimum atomic E-state index is -0.0700. The van der Waals surface area contributed by atoms with E-state index in [0.717, 1.165) is 53.2 Å². The van der Waals surface area contributed by atoms with Gasteiger partial charge in [0.1, 0.15) is 5.82 Å². The van der Waals surface area contributed by atoms with Gasteiger partial charge in [0.15, 0.2) is 0 Å². The van der Waals surface area contributed by atoms with Crippen LogP contribution in [0, 0.1) is 6.92 Å². The number of pyridine rings is 1. The molecular weight excluding hydrogens is 398 g/mol. The minimum absolute atomic E-state index is 0.0700. The Balaban J connectivity index is 1.30. The Morgan fingerprint density at radius 1 is 1.00 bits per heavy atom. The first-order chi connectivity index (χ1) is 15.5. The SMILES string of the molecule is Cc1ccc(-c2ccc(CN3CCc4nc(-c5ccc(N)cc5)[nH]c(=O)c4C3)cn2)cc1. The van der Waals surface area contributed by atoms with E-state index in [1.54, 1.807) is 0 Å². The summed E-state index contributed by atoms with van der Waals surface area (Å²) in [4.78, 5) is 27.4. The normalized spacial score (nSPS) is 13.7. The zero-order valence-electron chi connectivity index (χ0n) is 18.0. The summed E-state index contributed by atoms with van der Waals surface area (Å²) in [6.45, 7) is 4.26. The fourth-order valence-electron chi connectivity index (χ4n) is 4.06. The van der Waals surface area contributed by atoms with Crippen molar-refractivity contribution in [3.05, 3.63) is 99.6 Å². The zero-order chi connectivity index (χ0) is 22.1. The maximum absolute atomic E-state index is 12.8. The van der Waals surface area contributed by atoms with Crippen LogP contribution in [0.25, 0.3) is 22.6 Å². The van der Waals surface area contributed by atoms with Gasteiger partial charge in [-0.1, -0.05) is 35.9 Å². The molecule has 4 aromatic rings. The molecule has 2 aromatic heterocycles. The van der Waals surface area contributed by atoms with E-state index >= 15 is 0 Å². The van der Waals surface area contributed by atoms with Crippen molar-refractivity contribution in [3.63, 3.8) is 0 Å². The predicted octanol–water partition coefficient (Wildman–Crippen LogP) is 3.95. The fraction of sp³-hybridized carbons (Fsp3) is 0.192. The number of nitrogens with zero attached hydrogens (tertiary/aromatic N) is 3. The second-order valence-electron chi connectivity index (χ2n) is 8.34. The highest BCUT2D eigenvalue weighted by molar-refractivity contribution is 5.60. The van der Waals surface area contributed by atoms with Crippen molar-refractivity contribution < 1.29 is 0 Å². The third-order valence-electron chi connectivity index (χ3n) is 5.91. The second-order valence-corrected chi connectivity index (χ2v) is 8.34. The molecule has 6 nitrogen and oxygen atoms in total. The number of rotatable bonds is 4. The summed E-state index contributed by atoms with van der Waals surface area (Å²) in [6.07, 6.45) is 2.67. The van der Waals surface area contributed by atoms with Gasteiger partial charge in [-0.3, -0.25) is 14.7 Å². The highest BCUT2D eigenvalue weighted by Crippen LogP contribution is 2.22. The van der Waals surface area contributed by atoms with Crippen molar-refractivity contribution in [2.45, 2.75) is 26.4 Å². The molecule has 0 spiro atoms. The number of H-pyrrole nitrogens is 1. The van der Waals surface area contributed by atoms with Crippen molar-refractivity contribution in [2.24, 2.45) is 0 Å². The number of hydrogen-bond donors (Lipinski definition) is 2. The number of aryl methyl sites for hydroxylation is 1. The third kappa shape index (κ3) is 4.18. The first kappa shape index (κ1) is 20.2. The maximum atomic E-state index is 12.8. The van der Waals surface area contributed by atoms with Crippen molar-refractivity contribution in [1.29, 1.82) is 0 Å². The number of nitrogen functional groups attached to an aromatic ring is 1. The molecule has 0 bridgehead atoms. The third-order valence-corrected chi connectivity index (χ3v) is 5.91. The Hall–Kier alpha value is -3.77. The Morgan fingerprint density at radius 2 is 1.75 bits per heavy atom. The lowest BCUT2D eigenvalue weighted by molar-refractivity contribution is 0.241. The van der Waals surface area contributed by atoms with Gasteiger partial charge in [-0.2, -0.15) is 0 Å². The predicted molar refractivity (Wildman–Crippen MR) is 127 cm³/mol. The van der Waals surface area contributed by atoms with Gasteiger partial charge in [0.05, 0.1) is 17.0 Å². The lowest BCUT2D eigenvalue weighted by Crippen LogP contribution is -2.35. The van der Waals surface area contributed by atoms with Crippen LogP contribution < -0.4 is 11.3 Å². The van der Waals surface area contributed by atoms with E-state index in [9.17, 15) is 4.79 Å². The molecule has 0 saturated heterocycles. The van der Waals surface area contributed by atoms with Gasteiger partial charge in [-0.15, -0.1) is 0 Å². The lowest BCUT2D eigenvalue weighted by Gasteiger charge is -2.27. The zero-order valence-corrected chi connectivity index (χ0v) is 18.0. The molecule has 0 amide bonds. The molecule has 6 heteroatoms. The summed E-state index contributed by atoms with van der Waals surface area (Å²) in [5.74, 6) is 0.595. The van der Waals surface area contributed by atoms with E-state index in [4.69, 9.17) is 10.7 Å². The number of aromatic amines is 1. The van der Waals surface area contributed by atoms with Gasteiger partial charge in [-0.05, 0) is 42.8 Å². The van der Waals surface area contributed by atoms with Crippen molar-refractivity contribution in [3.8, 4) is 22.6 Å². The van der Waals surface area contributed by atoms with E-state index in [2.05, 4.69) is 58.2 Å². The number of fused-ring (bicyclic) bond motifs is 1. The van der Waals surface area contributed by atoms with Crippen molar-refractivity contribution in [1.82, 2.24) is 19.9 Å². The number of anilines is 1. The van der Waals surface area contributed by atoms with Crippen LogP contribution in [-0.2, 0) is 19.5 Å². The monoisotopic (exact) mass is 423 g/mol. The average Bonchev–Trinajstić information content (AvgIpc) is 2.81. The maximum Gasteiger partial charge on any atom is 0.255 e. The molecule has 0 aliphatic carbocycles. The molecule has 0 unspecified atom stereocenters. The van der Waals surface area contributed by atoms with Crippen LogP contribution in [-0.4, -0.2) is 26.4 Å². The Labute approximate surface area is 186 Å². The van der Waals surface area contributed by atoms with Crippen LogP contribution in [0.1, 0.15) is 22.4 Å². The molecule has 5 rings (SSSR count). The Kier molecular flexibility index (Phi) is 5.29. The van der Waals surface area contributed by atoms with E-state index in [1.807, 2.05) is 30.5 Å². The molecule has 1 aliphatic heterocycles. The van der Waals surface area contributed by atoms with Crippen LogP contribution in [0.4, 0.5) is 5.69 Å². The fourth-order valence-corrected chi connectivity index (χ4v) is 4.06. The number of benzene rings is 2. The number of aromatic nitrogens is 3. The molecule has 0 radical (unpaired) electrons. The topological polar surface area (TPSA) is 87.9 Å². The molecule has 0 saturated carbocycles. The van der Waals surface area contributed by atoms with Crippen molar-refractivity contribution in [2.75, 3.05) is 12.3 Å². The standard InChI is InChI=1S/C26H25N5O/c1-17-2-5-19(6-3-17)23-11-4-18(14-28-23)15-31-13-12-24-22(16-31)26(32)30-25(29-24)20-7-9-21(27)10-8-20/h2-11,14H,12-13,15-16,27H2,1H3,(H,29,30,32). The van der Waals surface area contributed by atoms with Crippen LogP contribution in [0.2, 0.25) is 0 Å². The van der Waals surface area contributed by atoms with E-state index in [-0.39, 0.29) is 5.56 Å². The summed E-state index contributed by atoms with van der Waals surface area (Å²) in [7, 11) is 0. The van der Waals surface area contributed by atoms with Crippen LogP contribution >= 0.6 is 0 Å². The minimum Gasteiger partial charge on any atom is -0.399 e. The molecule has 160 valence electrons. The quantitative estimate of drug-likeness (QED) is 0.485. The summed E-state index contributed by atoms with van der Waals surface area (Å²) in [5, 5.41) is 0. The van der Waals surface area contributed by atoms with E-state index in [1.165, 1.54) is 5.56 Å². The molecule has 1 aliphatic rings. The van der Waals surface area contributed by atoms with Gasteiger partial charge in [-0.25, -0.2) is 4.98 Å². The highest BCUT2D eigenvalue weighted by Gasteiger charge is 2.21. The summed E-state index contributed by atoms with van der Waals surface area (Å²) < 4.78 is 0. The molecule has 2 aromatic carbocycles.